The molecule has 0 unspecified atom stereocenters. The van der Waals surface area contributed by atoms with Crippen LogP contribution in [0.5, 0.6) is 0 Å². The molecular weight excluding hydrogens is 603 g/mol. The van der Waals surface area contributed by atoms with Gasteiger partial charge in [-0.1, -0.05) is 140 Å². The fourth-order valence-corrected chi connectivity index (χ4v) is 7.64. The minimum absolute atomic E-state index is 1.09. The number of nitrogens with zero attached hydrogens (tertiary/aromatic N) is 1. The predicted molar refractivity (Wildman–Crippen MR) is 214 cm³/mol. The minimum Gasteiger partial charge on any atom is -0.309 e. The summed E-state index contributed by atoms with van der Waals surface area (Å²) in [6, 6.07) is 60.2. The first kappa shape index (κ1) is 29.9. The number of hydrogen-bond donors (Lipinski definition) is 0. The number of fused-ring (bicyclic) bond motifs is 3. The molecule has 1 aromatic heterocycles. The van der Waals surface area contributed by atoms with E-state index in [1.807, 2.05) is 0 Å². The van der Waals surface area contributed by atoms with Crippen molar-refractivity contribution in [3.63, 3.8) is 0 Å². The fourth-order valence-electron chi connectivity index (χ4n) is 7.64. The molecule has 1 heterocycles. The van der Waals surface area contributed by atoms with Crippen LogP contribution < -0.4 is 0 Å². The maximum absolute atomic E-state index is 2.40. The lowest BCUT2D eigenvalue weighted by Crippen LogP contribution is -1.93. The summed E-state index contributed by atoms with van der Waals surface area (Å²) >= 11 is 0. The number of rotatable bonds is 6. The average molecular weight is 640 g/mol. The summed E-state index contributed by atoms with van der Waals surface area (Å²) in [6.45, 7) is 2.24. The first-order chi connectivity index (χ1) is 24.7. The summed E-state index contributed by atoms with van der Waals surface area (Å²) in [5, 5.41) is 2.53. The Morgan fingerprint density at radius 3 is 1.86 bits per heavy atom. The third-order valence-electron chi connectivity index (χ3n) is 10.3. The van der Waals surface area contributed by atoms with Crippen LogP contribution in [0.4, 0.5) is 0 Å². The molecule has 7 aromatic carbocycles. The Balaban J connectivity index is 1.19. The van der Waals surface area contributed by atoms with Crippen molar-refractivity contribution in [3.05, 3.63) is 193 Å². The average Bonchev–Trinajstić information content (AvgIpc) is 3.53. The van der Waals surface area contributed by atoms with Crippen LogP contribution in [-0.2, 0) is 0 Å². The van der Waals surface area contributed by atoms with Gasteiger partial charge in [-0.2, -0.15) is 0 Å². The van der Waals surface area contributed by atoms with Crippen LogP contribution in [-0.4, -0.2) is 4.57 Å². The van der Waals surface area contributed by atoms with E-state index in [-0.39, 0.29) is 0 Å². The maximum atomic E-state index is 2.40. The van der Waals surface area contributed by atoms with Crippen LogP contribution in [0.25, 0.3) is 77.6 Å². The van der Waals surface area contributed by atoms with E-state index in [1.54, 1.807) is 0 Å². The van der Waals surface area contributed by atoms with Crippen LogP contribution in [0.2, 0.25) is 0 Å². The molecule has 238 valence electrons. The number of aryl methyl sites for hydroxylation is 1. The van der Waals surface area contributed by atoms with E-state index in [0.29, 0.717) is 0 Å². The normalized spacial score (nSPS) is 12.8. The molecule has 0 bridgehead atoms. The summed E-state index contributed by atoms with van der Waals surface area (Å²) in [4.78, 5) is 0. The first-order valence-corrected chi connectivity index (χ1v) is 17.6. The lowest BCUT2D eigenvalue weighted by atomic mass is 9.87. The van der Waals surface area contributed by atoms with Gasteiger partial charge in [0.05, 0.1) is 11.0 Å². The van der Waals surface area contributed by atoms with Crippen LogP contribution >= 0.6 is 0 Å². The molecular formula is C49H37N. The number of benzene rings is 7. The molecule has 1 aliphatic carbocycles. The molecule has 0 saturated heterocycles. The van der Waals surface area contributed by atoms with Crippen molar-refractivity contribution < 1.29 is 0 Å². The quantitative estimate of drug-likeness (QED) is 0.171. The lowest BCUT2D eigenvalue weighted by Gasteiger charge is -2.17. The zero-order valence-electron chi connectivity index (χ0n) is 28.2. The summed E-state index contributed by atoms with van der Waals surface area (Å²) in [7, 11) is 0. The van der Waals surface area contributed by atoms with Crippen molar-refractivity contribution in [2.45, 2.75) is 19.8 Å². The SMILES string of the molecule is Cc1ccc(-c2ccc3c(c2)c2ccccc2n3-c2ccccc2)cc1-c1cc(-c2ccccc2)ccc1-c1ccc(C2=CC=CCC2)cc1. The molecule has 9 rings (SSSR count). The van der Waals surface area contributed by atoms with Crippen molar-refractivity contribution in [2.75, 3.05) is 0 Å². The smallest absolute Gasteiger partial charge is 0.0541 e. The van der Waals surface area contributed by atoms with Gasteiger partial charge >= 0.3 is 0 Å². The van der Waals surface area contributed by atoms with Gasteiger partial charge in [0.25, 0.3) is 0 Å². The van der Waals surface area contributed by atoms with Crippen LogP contribution in [0.15, 0.2) is 182 Å². The zero-order valence-corrected chi connectivity index (χ0v) is 28.2. The third-order valence-corrected chi connectivity index (χ3v) is 10.3. The van der Waals surface area contributed by atoms with Gasteiger partial charge in [-0.25, -0.2) is 0 Å². The van der Waals surface area contributed by atoms with Crippen molar-refractivity contribution in [3.8, 4) is 50.2 Å². The largest absolute Gasteiger partial charge is 0.309 e. The zero-order chi connectivity index (χ0) is 33.4. The highest BCUT2D eigenvalue weighted by Crippen LogP contribution is 2.41. The van der Waals surface area contributed by atoms with Crippen LogP contribution in [0, 0.1) is 6.92 Å². The molecule has 0 saturated carbocycles. The van der Waals surface area contributed by atoms with Crippen molar-refractivity contribution in [1.29, 1.82) is 0 Å². The molecule has 1 nitrogen and oxygen atoms in total. The highest BCUT2D eigenvalue weighted by atomic mass is 15.0. The molecule has 0 aliphatic heterocycles. The first-order valence-electron chi connectivity index (χ1n) is 17.6. The summed E-state index contributed by atoms with van der Waals surface area (Å²) in [5.41, 5.74) is 17.5. The van der Waals surface area contributed by atoms with E-state index in [0.717, 1.165) is 12.8 Å². The van der Waals surface area contributed by atoms with E-state index in [1.165, 1.54) is 88.7 Å². The Kier molecular flexibility index (Phi) is 7.59. The van der Waals surface area contributed by atoms with E-state index in [2.05, 4.69) is 194 Å². The van der Waals surface area contributed by atoms with E-state index in [9.17, 15) is 0 Å². The molecule has 0 fully saturated rings. The maximum Gasteiger partial charge on any atom is 0.0541 e. The lowest BCUT2D eigenvalue weighted by molar-refractivity contribution is 1.05. The second kappa shape index (κ2) is 12.7. The predicted octanol–water partition coefficient (Wildman–Crippen LogP) is 13.5. The molecule has 1 aliphatic rings. The molecule has 0 amide bonds. The van der Waals surface area contributed by atoms with Gasteiger partial charge in [0.2, 0.25) is 0 Å². The number of aromatic nitrogens is 1. The monoisotopic (exact) mass is 639 g/mol. The highest BCUT2D eigenvalue weighted by molar-refractivity contribution is 6.10. The molecule has 0 spiro atoms. The van der Waals surface area contributed by atoms with Crippen molar-refractivity contribution >= 4 is 27.4 Å². The van der Waals surface area contributed by atoms with E-state index >= 15 is 0 Å². The second-order valence-corrected chi connectivity index (χ2v) is 13.3. The van der Waals surface area contributed by atoms with Gasteiger partial charge in [0.15, 0.2) is 0 Å². The van der Waals surface area contributed by atoms with Gasteiger partial charge < -0.3 is 4.57 Å². The Hall–Kier alpha value is -6.18. The minimum atomic E-state index is 1.09. The van der Waals surface area contributed by atoms with Crippen LogP contribution in [0.3, 0.4) is 0 Å². The van der Waals surface area contributed by atoms with Gasteiger partial charge in [0, 0.05) is 16.5 Å². The third kappa shape index (κ3) is 5.38. The number of allylic oxidation sites excluding steroid dienone is 4. The summed E-state index contributed by atoms with van der Waals surface area (Å²) in [6.07, 6.45) is 8.88. The number of hydrogen-bond acceptors (Lipinski definition) is 0. The van der Waals surface area contributed by atoms with Gasteiger partial charge in [-0.3, -0.25) is 0 Å². The van der Waals surface area contributed by atoms with E-state index in [4.69, 9.17) is 0 Å². The van der Waals surface area contributed by atoms with Gasteiger partial charge in [-0.05, 0) is 123 Å². The highest BCUT2D eigenvalue weighted by Gasteiger charge is 2.16. The van der Waals surface area contributed by atoms with Gasteiger partial charge in [-0.15, -0.1) is 0 Å². The molecule has 0 N–H and O–H groups in total. The molecule has 0 atom stereocenters. The molecule has 8 aromatic rings. The van der Waals surface area contributed by atoms with Crippen molar-refractivity contribution in [1.82, 2.24) is 4.57 Å². The van der Waals surface area contributed by atoms with Gasteiger partial charge in [0.1, 0.15) is 0 Å². The van der Waals surface area contributed by atoms with Crippen molar-refractivity contribution in [2.24, 2.45) is 0 Å². The second-order valence-electron chi connectivity index (χ2n) is 13.3. The van der Waals surface area contributed by atoms with Crippen LogP contribution in [0.1, 0.15) is 24.0 Å². The standard InChI is InChI=1S/C49H37N/c1-34-21-22-40(41-28-30-49-47(33-41)44-19-11-12-20-48(44)50(49)42-17-9-4-10-18-42)31-45(34)46-32-39(36-15-7-3-8-16-36)27-29-43(46)38-25-23-37(24-26-38)35-13-5-2-6-14-35/h2-5,7-13,15-33H,6,14H2,1H3. The van der Waals surface area contributed by atoms with E-state index < -0.39 is 0 Å². The molecule has 50 heavy (non-hydrogen) atoms. The Morgan fingerprint density at radius 2 is 1.06 bits per heavy atom. The Labute approximate surface area is 294 Å². The molecule has 0 radical (unpaired) electrons. The summed E-state index contributed by atoms with van der Waals surface area (Å²) in [5.74, 6) is 0. The summed E-state index contributed by atoms with van der Waals surface area (Å²) < 4.78 is 2.38. The Morgan fingerprint density at radius 1 is 0.440 bits per heavy atom. The fraction of sp³-hybridized carbons (Fsp3) is 0.0612. The molecule has 1 heteroatoms. The number of para-hydroxylation sites is 2. The topological polar surface area (TPSA) is 4.93 Å². The Bertz CT molecular complexity index is 2560.